The average Bonchev–Trinajstić information content (AvgIpc) is 2.33. The van der Waals surface area contributed by atoms with E-state index in [-0.39, 0.29) is 68.8 Å². The van der Waals surface area contributed by atoms with Crippen molar-refractivity contribution < 1.29 is 46.8 Å². The van der Waals surface area contributed by atoms with Crippen molar-refractivity contribution in [1.82, 2.24) is 0 Å². The van der Waals surface area contributed by atoms with Crippen molar-refractivity contribution in [2.45, 2.75) is 142 Å². The Morgan fingerprint density at radius 3 is 0.622 bits per heavy atom. The Balaban J connectivity index is -0.000000218. The molecule has 0 N–H and O–H groups in total. The van der Waals surface area contributed by atoms with Crippen LogP contribution >= 0.6 is 0 Å². The molecule has 0 aliphatic rings. The summed E-state index contributed by atoms with van der Waals surface area (Å²) in [7, 11) is 0. The Morgan fingerprint density at radius 1 is 0.405 bits per heavy atom. The zero-order chi connectivity index (χ0) is 30.0. The summed E-state index contributed by atoms with van der Waals surface area (Å²) >= 11 is 0. The van der Waals surface area contributed by atoms with Gasteiger partial charge in [-0.3, -0.25) is 0 Å². The number of carboxylic acid groups (broad SMARTS) is 3. The third-order valence-electron chi connectivity index (χ3n) is 4.90. The molecule has 1 radical (unpaired) electrons. The summed E-state index contributed by atoms with van der Waals surface area (Å²) in [6.07, 6.45) is 3.12. The van der Waals surface area contributed by atoms with Crippen molar-refractivity contribution in [2.75, 3.05) is 0 Å². The fourth-order valence-corrected chi connectivity index (χ4v) is 5.67. The maximum atomic E-state index is 10.4. The van der Waals surface area contributed by atoms with E-state index in [0.717, 1.165) is 19.3 Å². The van der Waals surface area contributed by atoms with Gasteiger partial charge in [0.15, 0.2) is 0 Å². The van der Waals surface area contributed by atoms with Gasteiger partial charge in [-0.15, -0.1) is 0 Å². The van der Waals surface area contributed by atoms with Crippen LogP contribution in [0.2, 0.25) is 0 Å². The van der Waals surface area contributed by atoms with Gasteiger partial charge in [-0.25, -0.2) is 0 Å². The summed E-state index contributed by atoms with van der Waals surface area (Å²) in [6.45, 7) is 30.8. The van der Waals surface area contributed by atoms with Crippen molar-refractivity contribution in [2.24, 2.45) is 32.5 Å². The van der Waals surface area contributed by atoms with Crippen molar-refractivity contribution in [3.8, 4) is 0 Å². The molecular weight excluding hydrogens is 512 g/mol. The van der Waals surface area contributed by atoms with E-state index >= 15 is 0 Å². The van der Waals surface area contributed by atoms with E-state index in [9.17, 15) is 29.7 Å². The first-order valence-corrected chi connectivity index (χ1v) is 13.0. The van der Waals surface area contributed by atoms with Gasteiger partial charge in [-0.1, -0.05) is 104 Å². The summed E-state index contributed by atoms with van der Waals surface area (Å²) < 4.78 is 0. The SMILES string of the molecule is CC(C)(C)CC(C)(C)CC(=O)[O-].CC(C)(C)CC(C)(C)CC(=O)[O-].CC(C)(C)CC(C)(C)CC(=O)[O-].[Fe+3]. The minimum atomic E-state index is -0.954. The van der Waals surface area contributed by atoms with Crippen molar-refractivity contribution in [1.29, 1.82) is 0 Å². The number of carbonyl (C=O) groups excluding carboxylic acids is 3. The second-order valence-electron chi connectivity index (χ2n) is 16.4. The Kier molecular flexibility index (Phi) is 18.7. The first-order valence-electron chi connectivity index (χ1n) is 13.0. The molecule has 221 valence electrons. The number of hydrogen-bond acceptors (Lipinski definition) is 6. The van der Waals surface area contributed by atoms with Crippen LogP contribution in [0.1, 0.15) is 142 Å². The molecule has 7 heteroatoms. The number of carbonyl (C=O) groups is 3. The summed E-state index contributed by atoms with van der Waals surface area (Å²) in [4.78, 5) is 31.2. The fraction of sp³-hybridized carbons (Fsp3) is 0.900. The summed E-state index contributed by atoms with van der Waals surface area (Å²) in [5.74, 6) is -2.86. The van der Waals surface area contributed by atoms with Gasteiger partial charge in [0.2, 0.25) is 0 Å². The Labute approximate surface area is 239 Å². The van der Waals surface area contributed by atoms with Gasteiger partial charge in [0, 0.05) is 17.9 Å². The topological polar surface area (TPSA) is 120 Å². The van der Waals surface area contributed by atoms with E-state index in [2.05, 4.69) is 62.3 Å². The van der Waals surface area contributed by atoms with Crippen LogP contribution in [-0.2, 0) is 31.5 Å². The molecule has 0 aliphatic heterocycles. The Morgan fingerprint density at radius 2 is 0.541 bits per heavy atom. The Bertz CT molecular complexity index is 591. The van der Waals surface area contributed by atoms with Crippen molar-refractivity contribution >= 4 is 17.9 Å². The average molecular weight is 570 g/mol. The number of rotatable bonds is 9. The molecule has 0 saturated heterocycles. The maximum absolute atomic E-state index is 10.4. The van der Waals surface area contributed by atoms with E-state index in [1.807, 2.05) is 41.5 Å². The van der Waals surface area contributed by atoms with E-state index in [1.54, 1.807) is 0 Å². The van der Waals surface area contributed by atoms with E-state index in [1.165, 1.54) is 0 Å². The maximum Gasteiger partial charge on any atom is 3.00 e. The second-order valence-corrected chi connectivity index (χ2v) is 16.4. The van der Waals surface area contributed by atoms with Gasteiger partial charge < -0.3 is 29.7 Å². The van der Waals surface area contributed by atoms with E-state index in [4.69, 9.17) is 0 Å². The predicted octanol–water partition coefficient (Wildman–Crippen LogP) is 4.76. The second kappa shape index (κ2) is 16.1. The van der Waals surface area contributed by atoms with Gasteiger partial charge in [-0.05, 0) is 71.0 Å². The molecule has 0 spiro atoms. The van der Waals surface area contributed by atoms with Crippen LogP contribution in [0.15, 0.2) is 0 Å². The summed E-state index contributed by atoms with van der Waals surface area (Å²) in [6, 6.07) is 0. The van der Waals surface area contributed by atoms with Crippen LogP contribution in [0.5, 0.6) is 0 Å². The van der Waals surface area contributed by atoms with Gasteiger partial charge in [0.25, 0.3) is 0 Å². The van der Waals surface area contributed by atoms with Crippen molar-refractivity contribution in [3.05, 3.63) is 0 Å². The molecule has 0 fully saturated rings. The standard InChI is InChI=1S/3C10H20O2.Fe/c3*1-9(2,3)7-10(4,5)6-8(11)12;/h3*6-7H2,1-5H3,(H,11,12);/q;;;+3/p-3. The van der Waals surface area contributed by atoms with Gasteiger partial charge >= 0.3 is 17.1 Å². The molecule has 37 heavy (non-hydrogen) atoms. The summed E-state index contributed by atoms with van der Waals surface area (Å²) in [5.41, 5.74) is 0.0715. The predicted molar refractivity (Wildman–Crippen MR) is 142 cm³/mol. The zero-order valence-corrected chi connectivity index (χ0v) is 27.6. The third kappa shape index (κ3) is 37.2. The van der Waals surface area contributed by atoms with E-state index in [0.29, 0.717) is 0 Å². The van der Waals surface area contributed by atoms with Gasteiger partial charge in [0.1, 0.15) is 0 Å². The monoisotopic (exact) mass is 569 g/mol. The number of aliphatic carboxylic acids is 3. The molecule has 0 heterocycles. The number of carboxylic acids is 3. The fourth-order valence-electron chi connectivity index (χ4n) is 5.67. The molecular formula is C30H57FeO6. The smallest absolute Gasteiger partial charge is 0.550 e. The van der Waals surface area contributed by atoms with Crippen LogP contribution in [0.3, 0.4) is 0 Å². The quantitative estimate of drug-likeness (QED) is 0.369. The molecule has 0 unspecified atom stereocenters. The summed E-state index contributed by atoms with van der Waals surface area (Å²) in [5, 5.41) is 31.2. The normalized spacial score (nSPS) is 12.7. The molecule has 0 aromatic carbocycles. The third-order valence-corrected chi connectivity index (χ3v) is 4.90. The van der Waals surface area contributed by atoms with Crippen LogP contribution in [-0.4, -0.2) is 17.9 Å². The minimum absolute atomic E-state index is 0. The zero-order valence-electron chi connectivity index (χ0n) is 26.5. The molecule has 0 rings (SSSR count). The minimum Gasteiger partial charge on any atom is -0.550 e. The molecule has 6 nitrogen and oxygen atoms in total. The first kappa shape index (κ1) is 43.0. The molecule has 0 saturated carbocycles. The molecule has 0 bridgehead atoms. The first-order chi connectivity index (χ1) is 15.4. The molecule has 0 aromatic heterocycles. The van der Waals surface area contributed by atoms with E-state index < -0.39 is 17.9 Å². The molecule has 0 aliphatic carbocycles. The molecule has 0 amide bonds. The Hall–Kier alpha value is -1.07. The van der Waals surface area contributed by atoms with Crippen LogP contribution in [0, 0.1) is 32.5 Å². The van der Waals surface area contributed by atoms with Crippen molar-refractivity contribution in [3.63, 3.8) is 0 Å². The van der Waals surface area contributed by atoms with Gasteiger partial charge in [-0.2, -0.15) is 0 Å². The largest absolute Gasteiger partial charge is 3.00 e. The molecule has 0 aromatic rings. The van der Waals surface area contributed by atoms with Crippen LogP contribution < -0.4 is 15.3 Å². The van der Waals surface area contributed by atoms with Gasteiger partial charge in [0.05, 0.1) is 0 Å². The van der Waals surface area contributed by atoms with Crippen LogP contribution in [0.25, 0.3) is 0 Å². The number of hydrogen-bond donors (Lipinski definition) is 0. The molecule has 0 atom stereocenters. The van der Waals surface area contributed by atoms with Crippen LogP contribution in [0.4, 0.5) is 0 Å².